The molecule has 0 saturated heterocycles. The highest BCUT2D eigenvalue weighted by atomic mass is 16.3. The Morgan fingerprint density at radius 2 is 1.57 bits per heavy atom. The molecule has 0 fully saturated rings. The van der Waals surface area contributed by atoms with E-state index in [4.69, 9.17) is 4.98 Å². The average Bonchev–Trinajstić information content (AvgIpc) is 2.66. The number of hydrogen-bond donors (Lipinski definition) is 2. The molecule has 0 saturated carbocycles. The van der Waals surface area contributed by atoms with Crippen LogP contribution in [0.3, 0.4) is 0 Å². The Balaban J connectivity index is 1.67. The van der Waals surface area contributed by atoms with Crippen LogP contribution in [0.25, 0.3) is 21.9 Å². The van der Waals surface area contributed by atoms with Crippen molar-refractivity contribution in [1.29, 1.82) is 0 Å². The van der Waals surface area contributed by atoms with Crippen molar-refractivity contribution in [1.82, 2.24) is 19.9 Å². The van der Waals surface area contributed by atoms with Crippen LogP contribution < -0.4 is 0 Å². The summed E-state index contributed by atoms with van der Waals surface area (Å²) in [5, 5.41) is 21.3. The smallest absolute Gasteiger partial charge is 0.215 e. The lowest BCUT2D eigenvalue weighted by atomic mass is 9.95. The Hall–Kier alpha value is -3.28. The lowest BCUT2D eigenvalue weighted by Crippen LogP contribution is -2.03. The van der Waals surface area contributed by atoms with E-state index in [1.54, 1.807) is 18.5 Å². The van der Waals surface area contributed by atoms with Crippen LogP contribution in [0.15, 0.2) is 42.7 Å². The molecule has 28 heavy (non-hydrogen) atoms. The predicted octanol–water partition coefficient (Wildman–Crippen LogP) is 4.45. The molecule has 142 valence electrons. The van der Waals surface area contributed by atoms with Gasteiger partial charge < -0.3 is 10.2 Å². The van der Waals surface area contributed by atoms with Gasteiger partial charge in [-0.05, 0) is 48.6 Å². The number of hydrogen-bond acceptors (Lipinski definition) is 6. The number of nitrogens with zero attached hydrogens (tertiary/aromatic N) is 4. The van der Waals surface area contributed by atoms with E-state index in [1.165, 1.54) is 0 Å². The van der Waals surface area contributed by atoms with Gasteiger partial charge in [0.2, 0.25) is 11.8 Å². The zero-order valence-electron chi connectivity index (χ0n) is 16.1. The molecule has 4 aromatic heterocycles. The van der Waals surface area contributed by atoms with Gasteiger partial charge in [-0.3, -0.25) is 9.97 Å². The lowest BCUT2D eigenvalue weighted by Gasteiger charge is -2.14. The Kier molecular flexibility index (Phi) is 4.55. The molecular formula is C22H22N4O2. The summed E-state index contributed by atoms with van der Waals surface area (Å²) in [6.45, 7) is 6.07. The molecule has 2 N–H and O–H groups in total. The van der Waals surface area contributed by atoms with Gasteiger partial charge in [-0.15, -0.1) is 0 Å². The van der Waals surface area contributed by atoms with Crippen LogP contribution in [0.5, 0.6) is 11.8 Å². The van der Waals surface area contributed by atoms with Crippen LogP contribution in [0, 0.1) is 0 Å². The zero-order chi connectivity index (χ0) is 19.8. The summed E-state index contributed by atoms with van der Waals surface area (Å²) >= 11 is 0. The Morgan fingerprint density at radius 3 is 2.36 bits per heavy atom. The number of pyridine rings is 4. The maximum absolute atomic E-state index is 10.4. The quantitative estimate of drug-likeness (QED) is 0.548. The molecule has 4 aromatic rings. The lowest BCUT2D eigenvalue weighted by molar-refractivity contribution is 0.442. The minimum absolute atomic E-state index is 0.0247. The SMILES string of the molecule is CC(C)c1cc2nc(CC(C)c3cc4cnccc4nc3O)ccc2nc1O. The normalized spacial score (nSPS) is 12.7. The molecule has 0 aliphatic rings. The van der Waals surface area contributed by atoms with Gasteiger partial charge in [0.05, 0.1) is 16.6 Å². The van der Waals surface area contributed by atoms with Crippen LogP contribution >= 0.6 is 0 Å². The van der Waals surface area contributed by atoms with Gasteiger partial charge >= 0.3 is 0 Å². The topological polar surface area (TPSA) is 92.0 Å². The van der Waals surface area contributed by atoms with E-state index < -0.39 is 0 Å². The summed E-state index contributed by atoms with van der Waals surface area (Å²) < 4.78 is 0. The van der Waals surface area contributed by atoms with Crippen LogP contribution in [0.4, 0.5) is 0 Å². The molecule has 0 aromatic carbocycles. The van der Waals surface area contributed by atoms with Crippen LogP contribution in [0.1, 0.15) is 49.4 Å². The Morgan fingerprint density at radius 1 is 0.821 bits per heavy atom. The molecule has 4 heterocycles. The van der Waals surface area contributed by atoms with Gasteiger partial charge in [0, 0.05) is 34.6 Å². The molecule has 1 unspecified atom stereocenters. The fourth-order valence-corrected chi connectivity index (χ4v) is 3.45. The molecule has 4 rings (SSSR count). The van der Waals surface area contributed by atoms with Crippen molar-refractivity contribution in [3.8, 4) is 11.8 Å². The molecule has 0 aliphatic carbocycles. The first kappa shape index (κ1) is 18.1. The first-order valence-electron chi connectivity index (χ1n) is 9.35. The number of aromatic nitrogens is 4. The summed E-state index contributed by atoms with van der Waals surface area (Å²) in [5.41, 5.74) is 4.60. The largest absolute Gasteiger partial charge is 0.493 e. The molecular weight excluding hydrogens is 352 g/mol. The molecule has 0 radical (unpaired) electrons. The van der Waals surface area contributed by atoms with Crippen LogP contribution in [-0.2, 0) is 6.42 Å². The molecule has 1 atom stereocenters. The molecule has 0 spiro atoms. The van der Waals surface area contributed by atoms with Crippen molar-refractivity contribution >= 4 is 21.9 Å². The van der Waals surface area contributed by atoms with E-state index in [2.05, 4.69) is 15.0 Å². The Labute approximate surface area is 163 Å². The molecule has 0 amide bonds. The van der Waals surface area contributed by atoms with Gasteiger partial charge in [-0.25, -0.2) is 9.97 Å². The van der Waals surface area contributed by atoms with Crippen molar-refractivity contribution in [2.75, 3.05) is 0 Å². The highest BCUT2D eigenvalue weighted by Crippen LogP contribution is 2.31. The van der Waals surface area contributed by atoms with E-state index in [0.717, 1.165) is 33.2 Å². The van der Waals surface area contributed by atoms with E-state index >= 15 is 0 Å². The first-order valence-corrected chi connectivity index (χ1v) is 9.35. The van der Waals surface area contributed by atoms with Crippen molar-refractivity contribution in [2.45, 2.75) is 39.0 Å². The minimum Gasteiger partial charge on any atom is -0.493 e. The third-order valence-corrected chi connectivity index (χ3v) is 5.03. The maximum atomic E-state index is 10.4. The minimum atomic E-state index is 0.0247. The van der Waals surface area contributed by atoms with Gasteiger partial charge in [-0.1, -0.05) is 20.8 Å². The monoisotopic (exact) mass is 374 g/mol. The van der Waals surface area contributed by atoms with Crippen LogP contribution in [-0.4, -0.2) is 30.1 Å². The van der Waals surface area contributed by atoms with Crippen molar-refractivity contribution in [2.24, 2.45) is 0 Å². The summed E-state index contributed by atoms with van der Waals surface area (Å²) in [7, 11) is 0. The number of rotatable bonds is 4. The van der Waals surface area contributed by atoms with E-state index in [0.29, 0.717) is 11.9 Å². The third-order valence-electron chi connectivity index (χ3n) is 5.03. The molecule has 0 aliphatic heterocycles. The predicted molar refractivity (Wildman–Crippen MR) is 109 cm³/mol. The van der Waals surface area contributed by atoms with Gasteiger partial charge in [0.25, 0.3) is 0 Å². The fraction of sp³-hybridized carbons (Fsp3) is 0.273. The van der Waals surface area contributed by atoms with Gasteiger partial charge in [-0.2, -0.15) is 0 Å². The van der Waals surface area contributed by atoms with Crippen molar-refractivity contribution < 1.29 is 10.2 Å². The number of fused-ring (bicyclic) bond motifs is 2. The van der Waals surface area contributed by atoms with Crippen molar-refractivity contribution in [3.63, 3.8) is 0 Å². The second-order valence-electron chi connectivity index (χ2n) is 7.47. The second-order valence-corrected chi connectivity index (χ2v) is 7.47. The fourth-order valence-electron chi connectivity index (χ4n) is 3.45. The maximum Gasteiger partial charge on any atom is 0.215 e. The number of aromatic hydroxyl groups is 2. The van der Waals surface area contributed by atoms with E-state index in [1.807, 2.05) is 45.0 Å². The van der Waals surface area contributed by atoms with Gasteiger partial charge in [0.15, 0.2) is 0 Å². The van der Waals surface area contributed by atoms with Crippen LogP contribution in [0.2, 0.25) is 0 Å². The molecule has 6 nitrogen and oxygen atoms in total. The van der Waals surface area contributed by atoms with E-state index in [-0.39, 0.29) is 23.6 Å². The summed E-state index contributed by atoms with van der Waals surface area (Å²) in [5.74, 6) is 0.291. The third kappa shape index (κ3) is 3.33. The Bertz CT molecular complexity index is 1170. The van der Waals surface area contributed by atoms with Crippen molar-refractivity contribution in [3.05, 3.63) is 59.5 Å². The highest BCUT2D eigenvalue weighted by Gasteiger charge is 2.16. The average molecular weight is 374 g/mol. The highest BCUT2D eigenvalue weighted by molar-refractivity contribution is 5.79. The summed E-state index contributed by atoms with van der Waals surface area (Å²) in [6, 6.07) is 9.40. The summed E-state index contributed by atoms with van der Waals surface area (Å²) in [6.07, 6.45) is 4.06. The first-order chi connectivity index (χ1) is 13.4. The standard InChI is InChI=1S/C22H22N4O2/c1-12(2)16-10-20-19(26-21(16)27)5-4-15(24-20)8-13(3)17-9-14-11-23-7-6-18(14)25-22(17)28/h4-7,9-13H,8H2,1-3H3,(H,25,28)(H,26,27). The molecule has 6 heteroatoms. The van der Waals surface area contributed by atoms with Gasteiger partial charge in [0.1, 0.15) is 0 Å². The summed E-state index contributed by atoms with van der Waals surface area (Å²) in [4.78, 5) is 17.4. The zero-order valence-corrected chi connectivity index (χ0v) is 16.1. The van der Waals surface area contributed by atoms with E-state index in [9.17, 15) is 10.2 Å². The second kappa shape index (κ2) is 7.03. The molecule has 0 bridgehead atoms.